The van der Waals surface area contributed by atoms with Gasteiger partial charge in [-0.05, 0) is 58.2 Å². The largest absolute Gasteiger partial charge is 0.444 e. The topological polar surface area (TPSA) is 80.8 Å². The molecule has 0 aromatic carbocycles. The highest BCUT2D eigenvalue weighted by atomic mass is 16.6. The lowest BCUT2D eigenvalue weighted by molar-refractivity contribution is 0.0232. The first-order valence-corrected chi connectivity index (χ1v) is 8.64. The highest BCUT2D eigenvalue weighted by molar-refractivity contribution is 5.82. The molecule has 1 aromatic heterocycles. The number of aromatic nitrogens is 1. The van der Waals surface area contributed by atoms with E-state index in [2.05, 4.69) is 9.98 Å². The molecule has 1 atom stereocenters. The maximum absolute atomic E-state index is 12.2. The van der Waals surface area contributed by atoms with Gasteiger partial charge in [-0.1, -0.05) is 6.07 Å². The number of nitrogens with two attached hydrogens (primary N) is 1. The summed E-state index contributed by atoms with van der Waals surface area (Å²) in [6.45, 7) is 8.88. The summed E-state index contributed by atoms with van der Waals surface area (Å²) < 4.78 is 5.46. The van der Waals surface area contributed by atoms with Gasteiger partial charge >= 0.3 is 6.09 Å². The van der Waals surface area contributed by atoms with E-state index in [1.165, 1.54) is 0 Å². The van der Waals surface area contributed by atoms with Gasteiger partial charge in [0.1, 0.15) is 5.60 Å². The van der Waals surface area contributed by atoms with Gasteiger partial charge in [0.2, 0.25) is 0 Å². The van der Waals surface area contributed by atoms with Crippen LogP contribution in [0, 0.1) is 6.92 Å². The number of hydrogen-bond donors (Lipinski definition) is 1. The Morgan fingerprint density at radius 1 is 1.48 bits per heavy atom. The van der Waals surface area contributed by atoms with Crippen molar-refractivity contribution < 1.29 is 9.53 Å². The smallest absolute Gasteiger partial charge is 0.410 e. The number of aryl methyl sites for hydroxylation is 1. The van der Waals surface area contributed by atoms with Crippen molar-refractivity contribution in [1.82, 2.24) is 9.88 Å². The van der Waals surface area contributed by atoms with Crippen molar-refractivity contribution in [2.45, 2.75) is 52.2 Å². The zero-order valence-electron chi connectivity index (χ0n) is 15.5. The zero-order valence-corrected chi connectivity index (χ0v) is 15.5. The number of likely N-dealkylation sites (tertiary alicyclic amines) is 1. The molecule has 1 amide bonds. The van der Waals surface area contributed by atoms with Gasteiger partial charge < -0.3 is 15.4 Å². The molecule has 25 heavy (non-hydrogen) atoms. The lowest BCUT2D eigenvalue weighted by atomic mass is 10.2. The van der Waals surface area contributed by atoms with E-state index in [0.717, 1.165) is 30.6 Å². The first-order chi connectivity index (χ1) is 11.8. The van der Waals surface area contributed by atoms with Crippen LogP contribution >= 0.6 is 0 Å². The van der Waals surface area contributed by atoms with Gasteiger partial charge in [-0.25, -0.2) is 4.79 Å². The standard InChI is InChI=1S/C19H28N4O2/c1-14-7-8-17(22-12-14)16(20)9-10-21-13-15-6-5-11-23(15)18(24)25-19(2,3)4/h7-10,12,15H,5-6,11,13,20H2,1-4H3/b16-9-,21-10?/t15-/m0/s1. The van der Waals surface area contributed by atoms with Crippen molar-refractivity contribution in [1.29, 1.82) is 0 Å². The Kier molecular flexibility index (Phi) is 6.17. The number of nitrogens with zero attached hydrogens (tertiary/aromatic N) is 3. The van der Waals surface area contributed by atoms with E-state index in [0.29, 0.717) is 12.2 Å². The van der Waals surface area contributed by atoms with Crippen LogP contribution in [0.5, 0.6) is 0 Å². The summed E-state index contributed by atoms with van der Waals surface area (Å²) in [6.07, 6.45) is 6.86. The fraction of sp³-hybridized carbons (Fsp3) is 0.526. The predicted octanol–water partition coefficient (Wildman–Crippen LogP) is 3.16. The van der Waals surface area contributed by atoms with E-state index in [1.807, 2.05) is 39.8 Å². The molecule has 2 N–H and O–H groups in total. The average Bonchev–Trinajstić information content (AvgIpc) is 2.99. The minimum atomic E-state index is -0.480. The fourth-order valence-corrected chi connectivity index (χ4v) is 2.63. The molecule has 0 spiro atoms. The van der Waals surface area contributed by atoms with Crippen LogP contribution in [0.25, 0.3) is 5.70 Å². The molecule has 6 heteroatoms. The summed E-state index contributed by atoms with van der Waals surface area (Å²) in [5.74, 6) is 0. The van der Waals surface area contributed by atoms with Crippen LogP contribution < -0.4 is 5.73 Å². The number of rotatable bonds is 4. The fourth-order valence-electron chi connectivity index (χ4n) is 2.63. The third kappa shape index (κ3) is 5.89. The molecule has 0 radical (unpaired) electrons. The number of aliphatic imine (C=N–C) groups is 1. The summed E-state index contributed by atoms with van der Waals surface area (Å²) in [7, 11) is 0. The first kappa shape index (κ1) is 19.0. The monoisotopic (exact) mass is 344 g/mol. The summed E-state index contributed by atoms with van der Waals surface area (Å²) >= 11 is 0. The minimum Gasteiger partial charge on any atom is -0.444 e. The molecule has 1 aliphatic heterocycles. The van der Waals surface area contributed by atoms with Crippen molar-refractivity contribution in [2.24, 2.45) is 10.7 Å². The molecule has 1 fully saturated rings. The van der Waals surface area contributed by atoms with Crippen LogP contribution in [0.15, 0.2) is 29.4 Å². The molecule has 0 aliphatic carbocycles. The quantitative estimate of drug-likeness (QED) is 0.851. The van der Waals surface area contributed by atoms with Crippen molar-refractivity contribution in [3.8, 4) is 0 Å². The van der Waals surface area contributed by atoms with Gasteiger partial charge in [-0.3, -0.25) is 9.98 Å². The molecule has 136 valence electrons. The minimum absolute atomic E-state index is 0.0817. The van der Waals surface area contributed by atoms with E-state index in [4.69, 9.17) is 10.5 Å². The Balaban J connectivity index is 1.90. The van der Waals surface area contributed by atoms with Gasteiger partial charge in [0.25, 0.3) is 0 Å². The molecule has 1 aliphatic rings. The normalized spacial score (nSPS) is 18.8. The van der Waals surface area contributed by atoms with Gasteiger partial charge in [0.05, 0.1) is 24.0 Å². The molecule has 0 saturated carbocycles. The number of pyridine rings is 1. The Hall–Kier alpha value is -2.37. The third-order valence-electron chi connectivity index (χ3n) is 3.89. The number of carbonyl (C=O) groups excluding carboxylic acids is 1. The molecule has 2 heterocycles. The average molecular weight is 344 g/mol. The molecule has 1 saturated heterocycles. The Morgan fingerprint density at radius 2 is 2.24 bits per heavy atom. The van der Waals surface area contributed by atoms with Crippen molar-refractivity contribution in [2.75, 3.05) is 13.1 Å². The van der Waals surface area contributed by atoms with Gasteiger partial charge in [-0.2, -0.15) is 0 Å². The number of allylic oxidation sites excluding steroid dienone is 1. The van der Waals surface area contributed by atoms with Crippen molar-refractivity contribution in [3.63, 3.8) is 0 Å². The second-order valence-electron chi connectivity index (χ2n) is 7.33. The first-order valence-electron chi connectivity index (χ1n) is 8.64. The SMILES string of the molecule is Cc1ccc(/C(N)=C/C=NC[C@@H]2CCCN2C(=O)OC(C)(C)C)nc1. The summed E-state index contributed by atoms with van der Waals surface area (Å²) in [6, 6.07) is 3.94. The Morgan fingerprint density at radius 3 is 2.88 bits per heavy atom. The Bertz CT molecular complexity index is 644. The molecule has 0 bridgehead atoms. The van der Waals surface area contributed by atoms with E-state index < -0.39 is 5.60 Å². The van der Waals surface area contributed by atoms with Gasteiger partial charge in [0, 0.05) is 19.0 Å². The predicted molar refractivity (Wildman–Crippen MR) is 100 cm³/mol. The van der Waals surface area contributed by atoms with E-state index in [-0.39, 0.29) is 12.1 Å². The molecular formula is C19H28N4O2. The van der Waals surface area contributed by atoms with Crippen LogP contribution in [-0.4, -0.2) is 46.9 Å². The van der Waals surface area contributed by atoms with Gasteiger partial charge in [-0.15, -0.1) is 0 Å². The highest BCUT2D eigenvalue weighted by Crippen LogP contribution is 2.21. The maximum atomic E-state index is 12.2. The summed E-state index contributed by atoms with van der Waals surface area (Å²) in [4.78, 5) is 22.7. The van der Waals surface area contributed by atoms with Crippen LogP contribution in [0.4, 0.5) is 4.79 Å². The van der Waals surface area contributed by atoms with Gasteiger partial charge in [0.15, 0.2) is 0 Å². The third-order valence-corrected chi connectivity index (χ3v) is 3.89. The molecule has 1 aromatic rings. The number of amides is 1. The summed E-state index contributed by atoms with van der Waals surface area (Å²) in [5, 5.41) is 0. The highest BCUT2D eigenvalue weighted by Gasteiger charge is 2.31. The molecule has 0 unspecified atom stereocenters. The molecular weight excluding hydrogens is 316 g/mol. The number of ether oxygens (including phenoxy) is 1. The van der Waals surface area contributed by atoms with E-state index in [1.54, 1.807) is 23.4 Å². The van der Waals surface area contributed by atoms with Crippen LogP contribution in [0.3, 0.4) is 0 Å². The number of carbonyl (C=O) groups is 1. The maximum Gasteiger partial charge on any atom is 0.410 e. The second-order valence-corrected chi connectivity index (χ2v) is 7.33. The molecule has 6 nitrogen and oxygen atoms in total. The van der Waals surface area contributed by atoms with E-state index >= 15 is 0 Å². The van der Waals surface area contributed by atoms with E-state index in [9.17, 15) is 4.79 Å². The molecule has 2 rings (SSSR count). The van der Waals surface area contributed by atoms with Crippen molar-refractivity contribution in [3.05, 3.63) is 35.7 Å². The zero-order chi connectivity index (χ0) is 18.4. The van der Waals surface area contributed by atoms with Crippen LogP contribution in [-0.2, 0) is 4.74 Å². The lowest BCUT2D eigenvalue weighted by Gasteiger charge is -2.27. The van der Waals surface area contributed by atoms with Crippen LogP contribution in [0.1, 0.15) is 44.9 Å². The van der Waals surface area contributed by atoms with Crippen LogP contribution in [0.2, 0.25) is 0 Å². The second kappa shape index (κ2) is 8.14. The lowest BCUT2D eigenvalue weighted by Crippen LogP contribution is -2.41. The Labute approximate surface area is 149 Å². The summed E-state index contributed by atoms with van der Waals surface area (Å²) in [5.41, 5.74) is 7.92. The number of hydrogen-bond acceptors (Lipinski definition) is 5. The van der Waals surface area contributed by atoms with Crippen molar-refractivity contribution >= 4 is 18.0 Å².